The van der Waals surface area contributed by atoms with Gasteiger partial charge in [0.2, 0.25) is 0 Å². The highest BCUT2D eigenvalue weighted by atomic mass is 28.3. The molecule has 3 heteroatoms. The third kappa shape index (κ3) is 14.2. The van der Waals surface area contributed by atoms with E-state index in [1.54, 1.807) is 0 Å². The van der Waals surface area contributed by atoms with Crippen LogP contribution >= 0.6 is 0 Å². The zero-order valence-corrected chi connectivity index (χ0v) is 18.0. The lowest BCUT2D eigenvalue weighted by molar-refractivity contribution is -0.0496. The van der Waals surface area contributed by atoms with Crippen LogP contribution in [0, 0.1) is 11.3 Å². The Kier molecular flexibility index (Phi) is 13.5. The van der Waals surface area contributed by atoms with E-state index < -0.39 is 15.3 Å². The Morgan fingerprint density at radius 1 is 0.870 bits per heavy atom. The molecule has 0 amide bonds. The van der Waals surface area contributed by atoms with E-state index in [-0.39, 0.29) is 5.41 Å². The summed E-state index contributed by atoms with van der Waals surface area (Å²) in [6, 6.07) is 0. The Morgan fingerprint density at radius 2 is 1.35 bits per heavy atom. The Balaban J connectivity index is 3.86. The predicted molar refractivity (Wildman–Crippen MR) is 105 cm³/mol. The monoisotopic (exact) mass is 344 g/mol. The van der Waals surface area contributed by atoms with E-state index in [0.717, 1.165) is 6.42 Å². The number of unbranched alkanes of at least 4 members (excludes halogenated alkanes) is 8. The van der Waals surface area contributed by atoms with E-state index in [0.29, 0.717) is 5.92 Å². The molecule has 2 nitrogen and oxygen atoms in total. The largest absolute Gasteiger partial charge is 0.396 e. The van der Waals surface area contributed by atoms with Crippen LogP contribution in [0.3, 0.4) is 0 Å². The summed E-state index contributed by atoms with van der Waals surface area (Å²) in [4.78, 5) is 0. The summed E-state index contributed by atoms with van der Waals surface area (Å²) in [7, 11) is -1.15. The average molecular weight is 345 g/mol. The van der Waals surface area contributed by atoms with Gasteiger partial charge >= 0.3 is 0 Å². The Morgan fingerprint density at radius 3 is 1.78 bits per heavy atom. The Labute approximate surface area is 148 Å². The molecular weight excluding hydrogens is 300 g/mol. The molecule has 0 aliphatic rings. The fourth-order valence-electron chi connectivity index (χ4n) is 3.22. The molecule has 1 N–H and O–H groups in total. The lowest BCUT2D eigenvalue weighted by Crippen LogP contribution is -2.29. The molecule has 140 valence electrons. The molecule has 2 atom stereocenters. The zero-order chi connectivity index (χ0) is 17.7. The first kappa shape index (κ1) is 23.1. The predicted octanol–water partition coefficient (Wildman–Crippen LogP) is 6.28. The van der Waals surface area contributed by atoms with Gasteiger partial charge in [0.15, 0.2) is 9.04 Å². The van der Waals surface area contributed by atoms with E-state index in [1.807, 2.05) is 0 Å². The second-order valence-corrected chi connectivity index (χ2v) is 10.9. The van der Waals surface area contributed by atoms with Crippen LogP contribution in [0.5, 0.6) is 0 Å². The van der Waals surface area contributed by atoms with Crippen molar-refractivity contribution in [3.05, 3.63) is 0 Å². The van der Waals surface area contributed by atoms with E-state index >= 15 is 0 Å². The van der Waals surface area contributed by atoms with Gasteiger partial charge in [-0.1, -0.05) is 85.5 Å². The summed E-state index contributed by atoms with van der Waals surface area (Å²) in [6.07, 6.45) is 13.9. The molecule has 0 saturated carbocycles. The van der Waals surface area contributed by atoms with Gasteiger partial charge in [0, 0.05) is 6.42 Å². The quantitative estimate of drug-likeness (QED) is 0.228. The topological polar surface area (TPSA) is 29.5 Å². The number of hydrogen-bond acceptors (Lipinski definition) is 2. The van der Waals surface area contributed by atoms with Crippen molar-refractivity contribution in [1.82, 2.24) is 0 Å². The van der Waals surface area contributed by atoms with Crippen LogP contribution in [0.2, 0.25) is 13.1 Å². The molecule has 0 bridgehead atoms. The number of aliphatic hydroxyl groups is 1. The van der Waals surface area contributed by atoms with Crippen LogP contribution in [-0.4, -0.2) is 20.4 Å². The van der Waals surface area contributed by atoms with Gasteiger partial charge in [-0.25, -0.2) is 0 Å². The van der Waals surface area contributed by atoms with Gasteiger partial charge in [0.05, 0.1) is 0 Å². The maximum Gasteiger partial charge on any atom is 0.174 e. The minimum Gasteiger partial charge on any atom is -0.396 e. The first-order valence-corrected chi connectivity index (χ1v) is 12.9. The maximum absolute atomic E-state index is 10.1. The van der Waals surface area contributed by atoms with Crippen molar-refractivity contribution in [2.75, 3.05) is 0 Å². The Bertz CT molecular complexity index is 261. The third-order valence-corrected chi connectivity index (χ3v) is 5.65. The molecule has 0 aromatic rings. The lowest BCUT2D eigenvalue weighted by atomic mass is 9.76. The van der Waals surface area contributed by atoms with Gasteiger partial charge in [0.1, 0.15) is 6.29 Å². The van der Waals surface area contributed by atoms with Crippen molar-refractivity contribution < 1.29 is 9.53 Å². The van der Waals surface area contributed by atoms with Crippen molar-refractivity contribution >= 4 is 9.04 Å². The minimum absolute atomic E-state index is 0.253. The third-order valence-electron chi connectivity index (χ3n) is 4.80. The summed E-state index contributed by atoms with van der Waals surface area (Å²) < 4.78 is 5.66. The molecule has 1 unspecified atom stereocenters. The summed E-state index contributed by atoms with van der Waals surface area (Å²) in [5, 5.41) is 10.1. The van der Waals surface area contributed by atoms with Crippen LogP contribution < -0.4 is 0 Å². The van der Waals surface area contributed by atoms with Crippen molar-refractivity contribution in [2.24, 2.45) is 11.3 Å². The van der Waals surface area contributed by atoms with Crippen molar-refractivity contribution in [2.45, 2.75) is 118 Å². The standard InChI is InChI=1S/C20H44O2Si/c1-7-8-9-10-11-12-13-14-15-16-18(20(2,3)4)17-19(21)22-23(5)6/h18-19,21,23H,7-17H2,1-6H3/t18-,19?/m1/s1. The van der Waals surface area contributed by atoms with E-state index in [1.165, 1.54) is 64.2 Å². The number of aliphatic hydroxyl groups excluding tert-OH is 1. The molecule has 0 heterocycles. The highest BCUT2D eigenvalue weighted by molar-refractivity contribution is 6.48. The van der Waals surface area contributed by atoms with Gasteiger partial charge in [-0.05, 0) is 30.8 Å². The molecule has 0 aromatic heterocycles. The first-order valence-electron chi connectivity index (χ1n) is 10.1. The van der Waals surface area contributed by atoms with Crippen molar-refractivity contribution in [3.63, 3.8) is 0 Å². The van der Waals surface area contributed by atoms with Crippen LogP contribution in [-0.2, 0) is 4.43 Å². The normalized spacial score (nSPS) is 15.1. The number of rotatable bonds is 14. The zero-order valence-electron chi connectivity index (χ0n) is 16.9. The van der Waals surface area contributed by atoms with Gasteiger partial charge in [-0.3, -0.25) is 0 Å². The summed E-state index contributed by atoms with van der Waals surface area (Å²) >= 11 is 0. The summed E-state index contributed by atoms with van der Waals surface area (Å²) in [6.45, 7) is 13.4. The molecule has 0 rings (SSSR count). The van der Waals surface area contributed by atoms with E-state index in [9.17, 15) is 5.11 Å². The highest BCUT2D eigenvalue weighted by Gasteiger charge is 2.27. The molecule has 23 heavy (non-hydrogen) atoms. The van der Waals surface area contributed by atoms with Gasteiger partial charge < -0.3 is 9.53 Å². The van der Waals surface area contributed by atoms with Crippen LogP contribution in [0.4, 0.5) is 0 Å². The Hall–Kier alpha value is 0.137. The highest BCUT2D eigenvalue weighted by Crippen LogP contribution is 2.34. The molecular formula is C20H44O2Si. The second-order valence-electron chi connectivity index (χ2n) is 8.56. The maximum atomic E-state index is 10.1. The molecule has 0 radical (unpaired) electrons. The molecule has 0 fully saturated rings. The van der Waals surface area contributed by atoms with E-state index in [2.05, 4.69) is 40.8 Å². The van der Waals surface area contributed by atoms with Crippen molar-refractivity contribution in [1.29, 1.82) is 0 Å². The fourth-order valence-corrected chi connectivity index (χ4v) is 3.96. The SMILES string of the molecule is CCCCCCCCCCC[C@H](CC(O)O[SiH](C)C)C(C)(C)C. The van der Waals surface area contributed by atoms with Crippen LogP contribution in [0.15, 0.2) is 0 Å². The van der Waals surface area contributed by atoms with Crippen LogP contribution in [0.1, 0.15) is 98.3 Å². The van der Waals surface area contributed by atoms with E-state index in [4.69, 9.17) is 4.43 Å². The summed E-state index contributed by atoms with van der Waals surface area (Å²) in [5.74, 6) is 0.551. The molecule has 0 aliphatic heterocycles. The number of hydrogen-bond donors (Lipinski definition) is 1. The minimum atomic E-state index is -1.15. The van der Waals surface area contributed by atoms with Gasteiger partial charge in [-0.15, -0.1) is 0 Å². The molecule has 0 saturated heterocycles. The summed E-state index contributed by atoms with van der Waals surface area (Å²) in [5.41, 5.74) is 0.253. The molecule has 0 spiro atoms. The molecule has 0 aromatic carbocycles. The lowest BCUT2D eigenvalue weighted by Gasteiger charge is -2.33. The smallest absolute Gasteiger partial charge is 0.174 e. The van der Waals surface area contributed by atoms with Gasteiger partial charge in [-0.2, -0.15) is 0 Å². The average Bonchev–Trinajstić information content (AvgIpc) is 2.42. The fraction of sp³-hybridized carbons (Fsp3) is 1.00. The van der Waals surface area contributed by atoms with Crippen LogP contribution in [0.25, 0.3) is 0 Å². The second kappa shape index (κ2) is 13.4. The van der Waals surface area contributed by atoms with Gasteiger partial charge in [0.25, 0.3) is 0 Å². The molecule has 0 aliphatic carbocycles. The first-order chi connectivity index (χ1) is 10.8. The van der Waals surface area contributed by atoms with Crippen molar-refractivity contribution in [3.8, 4) is 0 Å².